The second-order valence-corrected chi connectivity index (χ2v) is 7.84. The molecule has 2 aromatic heterocycles. The molecule has 144 valence electrons. The molecule has 4 aromatic rings. The number of rotatable bonds is 5. The van der Waals surface area contributed by atoms with Gasteiger partial charge in [-0.15, -0.1) is 11.3 Å². The van der Waals surface area contributed by atoms with E-state index in [0.717, 1.165) is 28.9 Å². The van der Waals surface area contributed by atoms with E-state index in [2.05, 4.69) is 23.7 Å². The van der Waals surface area contributed by atoms with Crippen molar-refractivity contribution in [2.45, 2.75) is 27.3 Å². The summed E-state index contributed by atoms with van der Waals surface area (Å²) in [5.74, 6) is 0.190. The zero-order chi connectivity index (χ0) is 19.8. The zero-order valence-corrected chi connectivity index (χ0v) is 17.0. The predicted molar refractivity (Wildman–Crippen MR) is 114 cm³/mol. The van der Waals surface area contributed by atoms with Crippen LogP contribution in [0.1, 0.15) is 25.0 Å². The molecule has 0 fully saturated rings. The number of thiazole rings is 1. The van der Waals surface area contributed by atoms with Gasteiger partial charge in [-0.25, -0.2) is 4.98 Å². The number of benzene rings is 2. The van der Waals surface area contributed by atoms with Gasteiger partial charge in [0.15, 0.2) is 0 Å². The maximum Gasteiger partial charge on any atom is 0.202 e. The highest BCUT2D eigenvalue weighted by molar-refractivity contribution is 7.21. The average molecular weight is 394 g/mol. The van der Waals surface area contributed by atoms with Crippen LogP contribution in [0.5, 0.6) is 5.75 Å². The molecule has 2 heterocycles. The molecule has 0 saturated carbocycles. The second kappa shape index (κ2) is 7.37. The van der Waals surface area contributed by atoms with E-state index in [1.165, 1.54) is 17.6 Å². The van der Waals surface area contributed by atoms with Crippen LogP contribution < -0.4 is 5.43 Å². The molecule has 0 saturated heterocycles. The van der Waals surface area contributed by atoms with Crippen LogP contribution in [-0.4, -0.2) is 28.1 Å². The van der Waals surface area contributed by atoms with E-state index in [0.29, 0.717) is 33.6 Å². The summed E-state index contributed by atoms with van der Waals surface area (Å²) in [4.78, 5) is 20.0. The van der Waals surface area contributed by atoms with Crippen molar-refractivity contribution in [3.8, 4) is 16.3 Å². The Labute approximate surface area is 166 Å². The average Bonchev–Trinajstić information content (AvgIpc) is 3.14. The molecule has 0 aliphatic rings. The van der Waals surface area contributed by atoms with E-state index in [4.69, 9.17) is 4.42 Å². The van der Waals surface area contributed by atoms with Crippen molar-refractivity contribution in [2.75, 3.05) is 13.1 Å². The Kier molecular flexibility index (Phi) is 4.91. The largest absolute Gasteiger partial charge is 0.507 e. The fraction of sp³-hybridized carbons (Fsp3) is 0.273. The predicted octanol–water partition coefficient (Wildman–Crippen LogP) is 4.93. The Morgan fingerprint density at radius 2 is 1.96 bits per heavy atom. The van der Waals surface area contributed by atoms with Crippen molar-refractivity contribution in [3.05, 3.63) is 57.9 Å². The Morgan fingerprint density at radius 1 is 1.21 bits per heavy atom. The Hall–Kier alpha value is -2.70. The van der Waals surface area contributed by atoms with Crippen molar-refractivity contribution < 1.29 is 9.52 Å². The first kappa shape index (κ1) is 18.7. The van der Waals surface area contributed by atoms with Crippen LogP contribution in [0, 0.1) is 6.92 Å². The number of phenols is 1. The number of phenolic OH excluding ortho intramolecular Hbond substituents is 1. The van der Waals surface area contributed by atoms with E-state index < -0.39 is 0 Å². The van der Waals surface area contributed by atoms with Gasteiger partial charge in [0.05, 0.1) is 21.2 Å². The van der Waals surface area contributed by atoms with Gasteiger partial charge in [0, 0.05) is 17.7 Å². The van der Waals surface area contributed by atoms with Gasteiger partial charge in [-0.3, -0.25) is 9.69 Å². The third kappa shape index (κ3) is 3.08. The molecule has 4 rings (SSSR count). The van der Waals surface area contributed by atoms with Crippen molar-refractivity contribution in [1.82, 2.24) is 9.88 Å². The van der Waals surface area contributed by atoms with E-state index in [1.54, 1.807) is 13.0 Å². The maximum absolute atomic E-state index is 13.3. The minimum absolute atomic E-state index is 0.121. The number of hydrogen-bond acceptors (Lipinski definition) is 6. The smallest absolute Gasteiger partial charge is 0.202 e. The normalized spacial score (nSPS) is 11.7. The van der Waals surface area contributed by atoms with Crippen molar-refractivity contribution >= 4 is 32.5 Å². The van der Waals surface area contributed by atoms with Gasteiger partial charge in [0.1, 0.15) is 22.6 Å². The number of aromatic nitrogens is 1. The quantitative estimate of drug-likeness (QED) is 0.520. The maximum atomic E-state index is 13.3. The molecule has 28 heavy (non-hydrogen) atoms. The summed E-state index contributed by atoms with van der Waals surface area (Å²) in [6.45, 7) is 8.26. The highest BCUT2D eigenvalue weighted by Crippen LogP contribution is 2.33. The molecule has 0 atom stereocenters. The lowest BCUT2D eigenvalue weighted by Crippen LogP contribution is -2.22. The first-order chi connectivity index (χ1) is 13.5. The Bertz CT molecular complexity index is 1190. The van der Waals surface area contributed by atoms with Crippen molar-refractivity contribution in [2.24, 2.45) is 0 Å². The summed E-state index contributed by atoms with van der Waals surface area (Å²) < 4.78 is 6.82. The lowest BCUT2D eigenvalue weighted by molar-refractivity contribution is 0.290. The second-order valence-electron chi connectivity index (χ2n) is 6.81. The molecule has 5 nitrogen and oxygen atoms in total. The lowest BCUT2D eigenvalue weighted by Gasteiger charge is -2.19. The van der Waals surface area contributed by atoms with E-state index in [1.807, 2.05) is 24.3 Å². The fourth-order valence-corrected chi connectivity index (χ4v) is 4.41. The summed E-state index contributed by atoms with van der Waals surface area (Å²) >= 11 is 1.47. The van der Waals surface area contributed by atoms with Crippen molar-refractivity contribution in [3.63, 3.8) is 0 Å². The van der Waals surface area contributed by atoms with E-state index in [-0.39, 0.29) is 11.2 Å². The van der Waals surface area contributed by atoms with Gasteiger partial charge in [0.2, 0.25) is 5.43 Å². The molecule has 0 unspecified atom stereocenters. The monoisotopic (exact) mass is 394 g/mol. The van der Waals surface area contributed by atoms with Gasteiger partial charge >= 0.3 is 0 Å². The molecular weight excluding hydrogens is 372 g/mol. The molecular formula is C22H22N2O3S. The SMILES string of the molecule is CCN(CC)Cc1cc2c(=O)c(-c3nc4ccccc4s3)coc2c(C)c1O. The van der Waals surface area contributed by atoms with Gasteiger partial charge in [-0.2, -0.15) is 0 Å². The fourth-order valence-electron chi connectivity index (χ4n) is 3.44. The molecule has 1 N–H and O–H groups in total. The topological polar surface area (TPSA) is 66.6 Å². The van der Waals surface area contributed by atoms with E-state index in [9.17, 15) is 9.90 Å². The summed E-state index contributed by atoms with van der Waals surface area (Å²) in [5, 5.41) is 11.7. The van der Waals surface area contributed by atoms with Crippen LogP contribution in [0.25, 0.3) is 31.8 Å². The lowest BCUT2D eigenvalue weighted by atomic mass is 10.0. The number of para-hydroxylation sites is 1. The third-order valence-corrected chi connectivity index (χ3v) is 6.23. The zero-order valence-electron chi connectivity index (χ0n) is 16.2. The summed E-state index contributed by atoms with van der Waals surface area (Å²) in [5.41, 5.74) is 2.95. The standard InChI is InChI=1S/C22H22N2O3S/c1-4-24(5-2)11-14-10-15-20(26)16(12-27-21(15)13(3)19(14)25)22-23-17-8-6-7-9-18(17)28-22/h6-10,12,25H,4-5,11H2,1-3H3. The third-order valence-electron chi connectivity index (χ3n) is 5.16. The van der Waals surface area contributed by atoms with Crippen LogP contribution in [-0.2, 0) is 6.54 Å². The molecule has 0 radical (unpaired) electrons. The first-order valence-electron chi connectivity index (χ1n) is 9.38. The van der Waals surface area contributed by atoms with Crippen LogP contribution >= 0.6 is 11.3 Å². The molecule has 0 aliphatic carbocycles. The van der Waals surface area contributed by atoms with Crippen molar-refractivity contribution in [1.29, 1.82) is 0 Å². The van der Waals surface area contributed by atoms with Crippen LogP contribution in [0.4, 0.5) is 0 Å². The molecule has 2 aromatic carbocycles. The number of nitrogens with zero attached hydrogens (tertiary/aromatic N) is 2. The number of aromatic hydroxyl groups is 1. The number of aryl methyl sites for hydroxylation is 1. The number of hydrogen-bond donors (Lipinski definition) is 1. The van der Waals surface area contributed by atoms with Crippen LogP contribution in [0.2, 0.25) is 0 Å². The van der Waals surface area contributed by atoms with Crippen LogP contribution in [0.3, 0.4) is 0 Å². The Balaban J connectivity index is 1.90. The summed E-state index contributed by atoms with van der Waals surface area (Å²) in [6, 6.07) is 9.57. The van der Waals surface area contributed by atoms with Gasteiger partial charge in [-0.1, -0.05) is 26.0 Å². The summed E-state index contributed by atoms with van der Waals surface area (Å²) in [6.07, 6.45) is 1.46. The highest BCUT2D eigenvalue weighted by Gasteiger charge is 2.19. The molecule has 0 aliphatic heterocycles. The highest BCUT2D eigenvalue weighted by atomic mass is 32.1. The van der Waals surface area contributed by atoms with Gasteiger partial charge in [0.25, 0.3) is 0 Å². The van der Waals surface area contributed by atoms with Gasteiger partial charge in [-0.05, 0) is 38.2 Å². The minimum Gasteiger partial charge on any atom is -0.507 e. The molecule has 0 bridgehead atoms. The first-order valence-corrected chi connectivity index (χ1v) is 10.2. The summed E-state index contributed by atoms with van der Waals surface area (Å²) in [7, 11) is 0. The minimum atomic E-state index is -0.121. The Morgan fingerprint density at radius 3 is 2.68 bits per heavy atom. The van der Waals surface area contributed by atoms with Gasteiger partial charge < -0.3 is 9.52 Å². The van der Waals surface area contributed by atoms with Crippen LogP contribution in [0.15, 0.2) is 45.8 Å². The molecule has 0 amide bonds. The number of fused-ring (bicyclic) bond motifs is 2. The molecule has 0 spiro atoms. The van der Waals surface area contributed by atoms with E-state index >= 15 is 0 Å². The molecule has 6 heteroatoms.